The Labute approximate surface area is 332 Å². The van der Waals surface area contributed by atoms with Crippen LogP contribution in [0.15, 0.2) is 192 Å². The first kappa shape index (κ1) is 33.4. The SMILES string of the molecule is CC1=C(/C=C(\C)N(c2ccc(-c3ccc4ccccc4c3)cc2)c2cccc3c4ccc5oc6ccccc6c5c4c4ccccc4c23)C(C)(C)c2ccccc21. The van der Waals surface area contributed by atoms with Gasteiger partial charge >= 0.3 is 0 Å². The molecule has 9 aromatic carbocycles. The van der Waals surface area contributed by atoms with Crippen LogP contribution in [0.2, 0.25) is 0 Å². The fourth-order valence-electron chi connectivity index (χ4n) is 9.85. The number of benzene rings is 9. The van der Waals surface area contributed by atoms with Gasteiger partial charge in [-0.3, -0.25) is 0 Å². The molecule has 1 aliphatic rings. The molecule has 1 aliphatic carbocycles. The number of rotatable bonds is 5. The van der Waals surface area contributed by atoms with Crippen molar-refractivity contribution in [1.82, 2.24) is 0 Å². The molecule has 0 fully saturated rings. The zero-order valence-corrected chi connectivity index (χ0v) is 32.6. The summed E-state index contributed by atoms with van der Waals surface area (Å²) >= 11 is 0. The lowest BCUT2D eigenvalue weighted by atomic mass is 9.81. The second kappa shape index (κ2) is 12.6. The molecule has 0 spiro atoms. The number of hydrogen-bond acceptors (Lipinski definition) is 2. The predicted octanol–water partition coefficient (Wildman–Crippen LogP) is 15.7. The van der Waals surface area contributed by atoms with E-state index in [1.807, 2.05) is 0 Å². The normalized spacial score (nSPS) is 14.1. The molecular formula is C55H41NO. The Morgan fingerprint density at radius 2 is 1.16 bits per heavy atom. The molecule has 0 amide bonds. The number of fused-ring (bicyclic) bond motifs is 12. The number of allylic oxidation sites excluding steroid dienone is 4. The third kappa shape index (κ3) is 5.03. The molecule has 272 valence electrons. The van der Waals surface area contributed by atoms with Crippen molar-refractivity contribution in [2.24, 2.45) is 0 Å². The van der Waals surface area contributed by atoms with E-state index < -0.39 is 0 Å². The Balaban J connectivity index is 1.17. The van der Waals surface area contributed by atoms with E-state index >= 15 is 0 Å². The van der Waals surface area contributed by atoms with E-state index in [0.717, 1.165) is 33.6 Å². The van der Waals surface area contributed by atoms with Crippen LogP contribution in [0, 0.1) is 0 Å². The fraction of sp³-hybridized carbons (Fsp3) is 0.0909. The highest BCUT2D eigenvalue weighted by Gasteiger charge is 2.35. The second-order valence-electron chi connectivity index (χ2n) is 16.1. The summed E-state index contributed by atoms with van der Waals surface area (Å²) in [6.45, 7) is 9.29. The third-order valence-corrected chi connectivity index (χ3v) is 12.6. The summed E-state index contributed by atoms with van der Waals surface area (Å²) in [5.41, 5.74) is 13.0. The molecule has 0 bridgehead atoms. The van der Waals surface area contributed by atoms with E-state index in [1.54, 1.807) is 0 Å². The fourth-order valence-corrected chi connectivity index (χ4v) is 9.85. The van der Waals surface area contributed by atoms with Crippen molar-refractivity contribution < 1.29 is 4.42 Å². The molecule has 11 rings (SSSR count). The van der Waals surface area contributed by atoms with Gasteiger partial charge in [0.1, 0.15) is 11.2 Å². The molecule has 2 nitrogen and oxygen atoms in total. The minimum absolute atomic E-state index is 0.131. The van der Waals surface area contributed by atoms with Crippen LogP contribution in [0.3, 0.4) is 0 Å². The van der Waals surface area contributed by atoms with Gasteiger partial charge in [-0.2, -0.15) is 0 Å². The second-order valence-corrected chi connectivity index (χ2v) is 16.1. The van der Waals surface area contributed by atoms with E-state index in [9.17, 15) is 0 Å². The quantitative estimate of drug-likeness (QED) is 0.164. The minimum atomic E-state index is -0.131. The third-order valence-electron chi connectivity index (χ3n) is 12.6. The number of para-hydroxylation sites is 1. The van der Waals surface area contributed by atoms with Gasteiger partial charge in [-0.05, 0) is 128 Å². The molecule has 0 saturated heterocycles. The average molecular weight is 732 g/mol. The van der Waals surface area contributed by atoms with Crippen LogP contribution in [-0.4, -0.2) is 0 Å². The Morgan fingerprint density at radius 1 is 0.526 bits per heavy atom. The van der Waals surface area contributed by atoms with Crippen LogP contribution in [-0.2, 0) is 5.41 Å². The van der Waals surface area contributed by atoms with Gasteiger partial charge in [-0.1, -0.05) is 141 Å². The van der Waals surface area contributed by atoms with Crippen molar-refractivity contribution in [2.45, 2.75) is 33.1 Å². The van der Waals surface area contributed by atoms with Crippen LogP contribution in [0.4, 0.5) is 11.4 Å². The summed E-state index contributed by atoms with van der Waals surface area (Å²) in [5, 5.41) is 12.2. The first-order valence-corrected chi connectivity index (χ1v) is 19.9. The highest BCUT2D eigenvalue weighted by atomic mass is 16.3. The minimum Gasteiger partial charge on any atom is -0.456 e. The monoisotopic (exact) mass is 731 g/mol. The van der Waals surface area contributed by atoms with Gasteiger partial charge in [0.05, 0.1) is 5.69 Å². The average Bonchev–Trinajstić information content (AvgIpc) is 3.72. The molecule has 10 aromatic rings. The Hall–Kier alpha value is -6.90. The van der Waals surface area contributed by atoms with Gasteiger partial charge < -0.3 is 9.32 Å². The largest absolute Gasteiger partial charge is 0.456 e. The van der Waals surface area contributed by atoms with E-state index in [2.05, 4.69) is 209 Å². The summed E-state index contributed by atoms with van der Waals surface area (Å²) in [6.07, 6.45) is 2.44. The molecule has 0 aliphatic heterocycles. The first-order chi connectivity index (χ1) is 27.9. The highest BCUT2D eigenvalue weighted by Crippen LogP contribution is 2.49. The van der Waals surface area contributed by atoms with Crippen LogP contribution in [0.25, 0.3) is 81.7 Å². The maximum Gasteiger partial charge on any atom is 0.136 e. The lowest BCUT2D eigenvalue weighted by Gasteiger charge is -2.30. The molecule has 1 heterocycles. The number of anilines is 2. The first-order valence-electron chi connectivity index (χ1n) is 19.9. The maximum atomic E-state index is 6.43. The van der Waals surface area contributed by atoms with Gasteiger partial charge in [-0.25, -0.2) is 0 Å². The predicted molar refractivity (Wildman–Crippen MR) is 244 cm³/mol. The molecule has 57 heavy (non-hydrogen) atoms. The summed E-state index contributed by atoms with van der Waals surface area (Å²) in [5.74, 6) is 0. The lowest BCUT2D eigenvalue weighted by Crippen LogP contribution is -2.19. The van der Waals surface area contributed by atoms with E-state index in [0.29, 0.717) is 0 Å². The summed E-state index contributed by atoms with van der Waals surface area (Å²) in [7, 11) is 0. The van der Waals surface area contributed by atoms with Crippen molar-refractivity contribution in [3.8, 4) is 11.1 Å². The molecule has 1 aromatic heterocycles. The van der Waals surface area contributed by atoms with E-state index in [1.165, 1.54) is 81.9 Å². The smallest absolute Gasteiger partial charge is 0.136 e. The van der Waals surface area contributed by atoms with Crippen LogP contribution < -0.4 is 4.90 Å². The van der Waals surface area contributed by atoms with Crippen LogP contribution in [0.5, 0.6) is 0 Å². The van der Waals surface area contributed by atoms with Crippen molar-refractivity contribution in [2.75, 3.05) is 4.90 Å². The van der Waals surface area contributed by atoms with Crippen LogP contribution in [0.1, 0.15) is 38.8 Å². The maximum absolute atomic E-state index is 6.43. The zero-order chi connectivity index (χ0) is 38.4. The Kier molecular flexibility index (Phi) is 7.37. The number of nitrogens with zero attached hydrogens (tertiary/aromatic N) is 1. The molecule has 2 heteroatoms. The summed E-state index contributed by atoms with van der Waals surface area (Å²) in [4.78, 5) is 2.48. The lowest BCUT2D eigenvalue weighted by molar-refractivity contribution is 0.652. The Morgan fingerprint density at radius 3 is 1.95 bits per heavy atom. The van der Waals surface area contributed by atoms with Gasteiger partial charge in [0, 0.05) is 38.3 Å². The van der Waals surface area contributed by atoms with Crippen molar-refractivity contribution >= 4 is 82.0 Å². The van der Waals surface area contributed by atoms with E-state index in [4.69, 9.17) is 4.42 Å². The van der Waals surface area contributed by atoms with E-state index in [-0.39, 0.29) is 5.41 Å². The van der Waals surface area contributed by atoms with Crippen LogP contribution >= 0.6 is 0 Å². The molecule has 0 N–H and O–H groups in total. The zero-order valence-electron chi connectivity index (χ0n) is 32.6. The van der Waals surface area contributed by atoms with Crippen molar-refractivity contribution in [1.29, 1.82) is 0 Å². The summed E-state index contributed by atoms with van der Waals surface area (Å²) < 4.78 is 6.43. The molecule has 0 saturated carbocycles. The molecule has 0 atom stereocenters. The Bertz CT molecular complexity index is 3310. The van der Waals surface area contributed by atoms with Gasteiger partial charge in [0.2, 0.25) is 0 Å². The topological polar surface area (TPSA) is 16.4 Å². The molecule has 0 unspecified atom stereocenters. The summed E-state index contributed by atoms with van der Waals surface area (Å²) in [6, 6.07) is 61.9. The number of hydrogen-bond donors (Lipinski definition) is 0. The molecular weight excluding hydrogens is 691 g/mol. The van der Waals surface area contributed by atoms with Gasteiger partial charge in [0.15, 0.2) is 0 Å². The highest BCUT2D eigenvalue weighted by molar-refractivity contribution is 6.36. The van der Waals surface area contributed by atoms with Gasteiger partial charge in [-0.15, -0.1) is 0 Å². The standard InChI is InChI=1S/C55H41NO/c1-34(32-48-35(2)41-16-9-11-21-47(41)55(48,3)4)56(40-28-26-37(27-29-40)39-25-24-36-14-5-6-15-38(36)33-39)49-22-13-20-43-45-30-31-51-54(46-19-10-12-23-50(46)57-51)53(45)44-18-8-7-17-42(44)52(43)49/h5-33H,1-4H3/b34-32+. The number of furan rings is 1. The van der Waals surface area contributed by atoms with Gasteiger partial charge in [0.25, 0.3) is 0 Å². The molecule has 0 radical (unpaired) electrons. The van der Waals surface area contributed by atoms with Crippen molar-refractivity contribution in [3.63, 3.8) is 0 Å². The van der Waals surface area contributed by atoms with Crippen molar-refractivity contribution in [3.05, 3.63) is 198 Å².